The number of ether oxygens (including phenoxy) is 1. The minimum atomic E-state index is -1.09. The van der Waals surface area contributed by atoms with E-state index in [0.29, 0.717) is 5.56 Å². The quantitative estimate of drug-likeness (QED) is 0.181. The Hall–Kier alpha value is -5.64. The van der Waals surface area contributed by atoms with Gasteiger partial charge in [0.2, 0.25) is 0 Å². The van der Waals surface area contributed by atoms with Crippen molar-refractivity contribution in [1.29, 1.82) is 0 Å². The summed E-state index contributed by atoms with van der Waals surface area (Å²) >= 11 is 0. The number of phenolic OH excluding ortho intramolecular Hbond substituents is 6. The second-order valence-corrected chi connectivity index (χ2v) is 9.36. The molecule has 4 aromatic carbocycles. The molecule has 0 unspecified atom stereocenters. The van der Waals surface area contributed by atoms with E-state index in [0.717, 1.165) is 18.2 Å². The van der Waals surface area contributed by atoms with E-state index in [1.54, 1.807) is 12.1 Å². The van der Waals surface area contributed by atoms with Crippen LogP contribution in [0.25, 0.3) is 33.4 Å². The highest BCUT2D eigenvalue weighted by molar-refractivity contribution is 6.03. The number of fused-ring (bicyclic) bond motifs is 2. The molecule has 40 heavy (non-hydrogen) atoms. The van der Waals surface area contributed by atoms with E-state index in [9.17, 15) is 40.2 Å². The lowest BCUT2D eigenvalue weighted by molar-refractivity contribution is 0.0842. The Kier molecular flexibility index (Phi) is 5.54. The Morgan fingerprint density at radius 1 is 0.675 bits per heavy atom. The maximum atomic E-state index is 13.0. The van der Waals surface area contributed by atoms with Gasteiger partial charge >= 0.3 is 0 Å². The molecule has 1 aliphatic rings. The summed E-state index contributed by atoms with van der Waals surface area (Å²) in [5.74, 6) is -2.44. The van der Waals surface area contributed by atoms with Crippen molar-refractivity contribution >= 4 is 16.8 Å². The van der Waals surface area contributed by atoms with Crippen LogP contribution in [0.4, 0.5) is 0 Å². The fourth-order valence-corrected chi connectivity index (χ4v) is 4.89. The van der Waals surface area contributed by atoms with Gasteiger partial charge in [0.15, 0.2) is 11.2 Å². The zero-order chi connectivity index (χ0) is 28.3. The molecule has 10 nitrogen and oxygen atoms in total. The molecule has 0 aliphatic carbocycles. The molecule has 2 heterocycles. The van der Waals surface area contributed by atoms with E-state index >= 15 is 0 Å². The number of hydrogen-bond acceptors (Lipinski definition) is 10. The van der Waals surface area contributed by atoms with Crippen LogP contribution in [0, 0.1) is 0 Å². The molecular weight excluding hydrogens is 520 g/mol. The lowest BCUT2D eigenvalue weighted by atomic mass is 9.91. The normalized spacial score (nSPS) is 14.6. The van der Waals surface area contributed by atoms with Crippen LogP contribution in [0.3, 0.4) is 0 Å². The Balaban J connectivity index is 1.53. The maximum Gasteiger partial charge on any atom is 0.193 e. The fourth-order valence-electron chi connectivity index (χ4n) is 4.89. The van der Waals surface area contributed by atoms with E-state index < -0.39 is 34.6 Å². The van der Waals surface area contributed by atoms with E-state index in [4.69, 9.17) is 9.15 Å². The second kappa shape index (κ2) is 8.98. The summed E-state index contributed by atoms with van der Waals surface area (Å²) in [6, 6.07) is 14.3. The first kappa shape index (κ1) is 24.7. The highest BCUT2D eigenvalue weighted by Crippen LogP contribution is 2.48. The van der Waals surface area contributed by atoms with Crippen molar-refractivity contribution in [1.82, 2.24) is 0 Å². The zero-order valence-corrected chi connectivity index (χ0v) is 20.5. The lowest BCUT2D eigenvalue weighted by Crippen LogP contribution is -2.20. The van der Waals surface area contributed by atoms with Crippen LogP contribution in [-0.2, 0) is 0 Å². The number of carbonyl (C=O) groups excluding carboxylic acids is 1. The maximum absolute atomic E-state index is 13.0. The van der Waals surface area contributed by atoms with Gasteiger partial charge in [0, 0.05) is 41.0 Å². The van der Waals surface area contributed by atoms with Crippen molar-refractivity contribution in [2.75, 3.05) is 0 Å². The summed E-state index contributed by atoms with van der Waals surface area (Å²) in [5, 5.41) is 62.1. The van der Waals surface area contributed by atoms with Gasteiger partial charge in [0.05, 0.1) is 17.4 Å². The minimum absolute atomic E-state index is 0.0169. The number of Topliss-reactive ketones (excluding diaryl/α,β-unsaturated/α-hetero) is 1. The summed E-state index contributed by atoms with van der Waals surface area (Å²) < 4.78 is 11.9. The third-order valence-electron chi connectivity index (χ3n) is 6.77. The Morgan fingerprint density at radius 3 is 2.17 bits per heavy atom. The molecular formula is C30H20O10. The predicted molar refractivity (Wildman–Crippen MR) is 142 cm³/mol. The van der Waals surface area contributed by atoms with E-state index in [1.165, 1.54) is 36.4 Å². The molecule has 6 N–H and O–H groups in total. The van der Waals surface area contributed by atoms with Gasteiger partial charge in [0.1, 0.15) is 63.3 Å². The molecule has 0 fully saturated rings. The lowest BCUT2D eigenvalue weighted by Gasteiger charge is -2.27. The van der Waals surface area contributed by atoms with Gasteiger partial charge in [-0.2, -0.15) is 0 Å². The van der Waals surface area contributed by atoms with Crippen LogP contribution < -0.4 is 10.2 Å². The summed E-state index contributed by atoms with van der Waals surface area (Å²) in [5.41, 5.74) is -0.133. The molecule has 1 aromatic heterocycles. The van der Waals surface area contributed by atoms with Crippen molar-refractivity contribution in [2.24, 2.45) is 0 Å². The van der Waals surface area contributed by atoms with Crippen LogP contribution in [0.2, 0.25) is 0 Å². The van der Waals surface area contributed by atoms with Gasteiger partial charge in [-0.25, -0.2) is 0 Å². The summed E-state index contributed by atoms with van der Waals surface area (Å²) in [4.78, 5) is 25.8. The molecule has 0 bridgehead atoms. The van der Waals surface area contributed by atoms with Crippen LogP contribution in [0.1, 0.15) is 28.4 Å². The molecule has 10 heteroatoms. The molecule has 0 saturated carbocycles. The third kappa shape index (κ3) is 3.99. The summed E-state index contributed by atoms with van der Waals surface area (Å²) in [6.45, 7) is 0. The Labute approximate surface area is 224 Å². The number of rotatable bonds is 3. The minimum Gasteiger partial charge on any atom is -0.508 e. The van der Waals surface area contributed by atoms with Crippen molar-refractivity contribution in [3.63, 3.8) is 0 Å². The highest BCUT2D eigenvalue weighted by atomic mass is 16.5. The van der Waals surface area contributed by atoms with Gasteiger partial charge in [-0.1, -0.05) is 0 Å². The van der Waals surface area contributed by atoms with Crippen molar-refractivity contribution < 1.29 is 44.6 Å². The molecule has 6 rings (SSSR count). The number of phenols is 6. The first-order valence-electron chi connectivity index (χ1n) is 12.0. The van der Waals surface area contributed by atoms with Gasteiger partial charge < -0.3 is 39.8 Å². The van der Waals surface area contributed by atoms with Crippen molar-refractivity contribution in [3.05, 3.63) is 88.1 Å². The zero-order valence-electron chi connectivity index (χ0n) is 20.5. The van der Waals surface area contributed by atoms with Crippen LogP contribution >= 0.6 is 0 Å². The van der Waals surface area contributed by atoms with Crippen molar-refractivity contribution in [2.45, 2.75) is 12.5 Å². The van der Waals surface area contributed by atoms with E-state index in [-0.39, 0.29) is 68.4 Å². The molecule has 0 spiro atoms. The van der Waals surface area contributed by atoms with Crippen LogP contribution in [-0.4, -0.2) is 36.4 Å². The average Bonchev–Trinajstić information content (AvgIpc) is 2.89. The van der Waals surface area contributed by atoms with Gasteiger partial charge in [-0.3, -0.25) is 9.59 Å². The standard InChI is InChI=1S/C30H20O10/c31-14-3-1-13(2-4-14)25-11-22(36)16-5-6-19(33)28(30(16)40-25)18-9-17(20(34)10-21(18)35)26-12-24(38)29-23(37)7-15(32)8-27(29)39-26/h1-11,26,31-35,37H,12H2/t26-/m0/s1. The van der Waals surface area contributed by atoms with E-state index in [1.807, 2.05) is 0 Å². The smallest absolute Gasteiger partial charge is 0.193 e. The largest absolute Gasteiger partial charge is 0.508 e. The summed E-state index contributed by atoms with van der Waals surface area (Å²) in [7, 11) is 0. The monoisotopic (exact) mass is 540 g/mol. The Bertz CT molecular complexity index is 1900. The SMILES string of the molecule is O=C1C[C@@H](c2cc(-c3c(O)ccc4c(=O)cc(-c5ccc(O)cc5)oc34)c(O)cc2O)Oc2cc(O)cc(O)c21. The molecule has 0 amide bonds. The third-order valence-corrected chi connectivity index (χ3v) is 6.77. The number of ketones is 1. The highest BCUT2D eigenvalue weighted by Gasteiger charge is 2.33. The first-order chi connectivity index (χ1) is 19.1. The average molecular weight is 540 g/mol. The van der Waals surface area contributed by atoms with E-state index in [2.05, 4.69) is 0 Å². The molecule has 1 aliphatic heterocycles. The summed E-state index contributed by atoms with van der Waals surface area (Å²) in [6.07, 6.45) is -1.37. The number of benzene rings is 4. The number of aromatic hydroxyl groups is 6. The molecule has 0 radical (unpaired) electrons. The van der Waals surface area contributed by atoms with Gasteiger partial charge in [0.25, 0.3) is 0 Å². The van der Waals surface area contributed by atoms with Gasteiger partial charge in [-0.05, 0) is 42.5 Å². The van der Waals surface area contributed by atoms with Crippen LogP contribution in [0.15, 0.2) is 75.9 Å². The Morgan fingerprint density at radius 2 is 1.43 bits per heavy atom. The predicted octanol–water partition coefficient (Wildman–Crippen LogP) is 5.07. The number of carbonyl (C=O) groups is 1. The molecule has 5 aromatic rings. The fraction of sp³-hybridized carbons (Fsp3) is 0.0667. The van der Waals surface area contributed by atoms with Crippen LogP contribution in [0.5, 0.6) is 40.2 Å². The van der Waals surface area contributed by atoms with Gasteiger partial charge in [-0.15, -0.1) is 0 Å². The topological polar surface area (TPSA) is 178 Å². The number of hydrogen-bond donors (Lipinski definition) is 6. The van der Waals surface area contributed by atoms with Crippen molar-refractivity contribution in [3.8, 4) is 62.7 Å². The second-order valence-electron chi connectivity index (χ2n) is 9.36. The molecule has 0 saturated heterocycles. The first-order valence-corrected chi connectivity index (χ1v) is 12.0. The molecule has 200 valence electrons. The molecule has 1 atom stereocenters.